The Bertz CT molecular complexity index is 834. The number of aliphatic hydroxyl groups is 1. The second-order valence-electron chi connectivity index (χ2n) is 9.52. The van der Waals surface area contributed by atoms with Gasteiger partial charge in [0, 0.05) is 25.7 Å². The van der Waals surface area contributed by atoms with Gasteiger partial charge in [-0.2, -0.15) is 0 Å². The average Bonchev–Trinajstić information content (AvgIpc) is 3.16. The van der Waals surface area contributed by atoms with Crippen LogP contribution in [0.1, 0.15) is 44.9 Å². The Hall–Kier alpha value is -2.19. The van der Waals surface area contributed by atoms with E-state index in [0.29, 0.717) is 19.4 Å². The smallest absolute Gasteiger partial charge is 0.312 e. The molecule has 1 saturated carbocycles. The summed E-state index contributed by atoms with van der Waals surface area (Å²) in [7, 11) is 0. The number of amides is 2. The zero-order chi connectivity index (χ0) is 22.3. The van der Waals surface area contributed by atoms with Crippen molar-refractivity contribution < 1.29 is 29.0 Å². The van der Waals surface area contributed by atoms with Gasteiger partial charge in [-0.25, -0.2) is 0 Å². The van der Waals surface area contributed by atoms with E-state index in [1.807, 2.05) is 29.2 Å². The van der Waals surface area contributed by atoms with E-state index in [-0.39, 0.29) is 37.6 Å². The summed E-state index contributed by atoms with van der Waals surface area (Å²) in [6.45, 7) is 0.925. The predicted molar refractivity (Wildman–Crippen MR) is 114 cm³/mol. The van der Waals surface area contributed by atoms with Crippen LogP contribution in [0.2, 0.25) is 0 Å². The van der Waals surface area contributed by atoms with Gasteiger partial charge in [0.2, 0.25) is 11.8 Å². The van der Waals surface area contributed by atoms with Crippen LogP contribution in [0.3, 0.4) is 0 Å². The lowest BCUT2D eigenvalue weighted by Crippen LogP contribution is -2.57. The highest BCUT2D eigenvalue weighted by Gasteiger charge is 2.71. The molecule has 5 atom stereocenters. The second kappa shape index (κ2) is 8.63. The van der Waals surface area contributed by atoms with Gasteiger partial charge in [-0.05, 0) is 25.7 Å². The Balaban J connectivity index is 1.56. The molecule has 5 rings (SSSR count). The van der Waals surface area contributed by atoms with Crippen molar-refractivity contribution in [2.75, 3.05) is 26.3 Å². The monoisotopic (exact) mass is 444 g/mol. The molecule has 0 aromatic carbocycles. The number of likely N-dealkylation sites (tertiary alicyclic amines) is 1. The highest BCUT2D eigenvalue weighted by molar-refractivity contribution is 5.99. The minimum Gasteiger partial charge on any atom is -0.465 e. The molecule has 0 bridgehead atoms. The number of hydrogen-bond acceptors (Lipinski definition) is 6. The van der Waals surface area contributed by atoms with Crippen LogP contribution >= 0.6 is 0 Å². The Morgan fingerprint density at radius 3 is 2.69 bits per heavy atom. The topological polar surface area (TPSA) is 96.4 Å². The second-order valence-corrected chi connectivity index (χ2v) is 9.52. The van der Waals surface area contributed by atoms with Crippen molar-refractivity contribution in [3.8, 4) is 0 Å². The van der Waals surface area contributed by atoms with Gasteiger partial charge in [0.05, 0.1) is 18.6 Å². The first-order valence-electron chi connectivity index (χ1n) is 12.0. The number of fused-ring (bicyclic) bond motifs is 2. The van der Waals surface area contributed by atoms with Gasteiger partial charge in [-0.1, -0.05) is 43.6 Å². The van der Waals surface area contributed by atoms with E-state index in [0.717, 1.165) is 25.7 Å². The van der Waals surface area contributed by atoms with Crippen molar-refractivity contribution in [1.82, 2.24) is 9.80 Å². The maximum Gasteiger partial charge on any atom is 0.312 e. The molecule has 0 aromatic rings. The molecule has 1 aliphatic carbocycles. The minimum absolute atomic E-state index is 0.0811. The quantitative estimate of drug-likeness (QED) is 0.517. The number of carbonyl (C=O) groups is 3. The number of nitrogens with zero attached hydrogens (tertiary/aromatic N) is 2. The summed E-state index contributed by atoms with van der Waals surface area (Å²) in [5.74, 6) is -2.39. The maximum absolute atomic E-state index is 14.0. The van der Waals surface area contributed by atoms with Crippen LogP contribution in [0.4, 0.5) is 0 Å². The van der Waals surface area contributed by atoms with Gasteiger partial charge in [-0.15, -0.1) is 0 Å². The molecule has 5 aliphatic rings. The summed E-state index contributed by atoms with van der Waals surface area (Å²) in [4.78, 5) is 44.2. The van der Waals surface area contributed by atoms with E-state index in [4.69, 9.17) is 9.47 Å². The van der Waals surface area contributed by atoms with Gasteiger partial charge in [0.1, 0.15) is 17.6 Å². The molecule has 4 aliphatic heterocycles. The number of esters is 1. The molecule has 8 heteroatoms. The average molecular weight is 445 g/mol. The van der Waals surface area contributed by atoms with Crippen molar-refractivity contribution >= 4 is 17.8 Å². The first kappa shape index (κ1) is 21.6. The summed E-state index contributed by atoms with van der Waals surface area (Å²) in [6, 6.07) is -0.675. The van der Waals surface area contributed by atoms with Crippen LogP contribution in [-0.4, -0.2) is 82.8 Å². The van der Waals surface area contributed by atoms with E-state index >= 15 is 0 Å². The third kappa shape index (κ3) is 3.30. The largest absolute Gasteiger partial charge is 0.465 e. The molecule has 8 nitrogen and oxygen atoms in total. The van der Waals surface area contributed by atoms with Gasteiger partial charge in [0.15, 0.2) is 0 Å². The Morgan fingerprint density at radius 1 is 1.09 bits per heavy atom. The van der Waals surface area contributed by atoms with Crippen molar-refractivity contribution in [1.29, 1.82) is 0 Å². The summed E-state index contributed by atoms with van der Waals surface area (Å²) in [6.07, 6.45) is 13.3. The number of cyclic esters (lactones) is 1. The minimum atomic E-state index is -1.20. The van der Waals surface area contributed by atoms with E-state index in [9.17, 15) is 19.5 Å². The van der Waals surface area contributed by atoms with E-state index < -0.39 is 35.6 Å². The maximum atomic E-state index is 14.0. The molecule has 2 saturated heterocycles. The molecular weight excluding hydrogens is 412 g/mol. The van der Waals surface area contributed by atoms with Gasteiger partial charge in [-0.3, -0.25) is 14.4 Å². The SMILES string of the molecule is O=C1OCCC=C[C@@H]2O[C@]34C=CCN(C5CCCCC5)C(=O)C3N(CCCO)C(=O)[C@@H]4[C@H]12. The molecule has 32 heavy (non-hydrogen) atoms. The third-order valence-corrected chi connectivity index (χ3v) is 7.72. The van der Waals surface area contributed by atoms with Gasteiger partial charge < -0.3 is 24.4 Å². The standard InChI is InChI=1S/C24H32N2O6/c27-14-7-13-26-20-22(29)25(16-8-2-1-3-9-16)12-6-11-24(20)19(21(26)28)18-17(32-24)10-4-5-15-31-23(18)30/h4,6,10-11,16-20,27H,1-3,5,7-9,12-15H2/t17-,18+,19-,20?,24-/m0/s1. The predicted octanol–water partition coefficient (Wildman–Crippen LogP) is 1.18. The fourth-order valence-electron chi connectivity index (χ4n) is 6.33. The molecule has 0 aromatic heterocycles. The van der Waals surface area contributed by atoms with Crippen molar-refractivity contribution in [2.45, 2.75) is 68.7 Å². The van der Waals surface area contributed by atoms with E-state index in [1.165, 1.54) is 6.42 Å². The normalized spacial score (nSPS) is 37.5. The number of rotatable bonds is 4. The van der Waals surface area contributed by atoms with Crippen LogP contribution in [0.25, 0.3) is 0 Å². The molecule has 1 N–H and O–H groups in total. The summed E-state index contributed by atoms with van der Waals surface area (Å²) in [5.41, 5.74) is -1.20. The summed E-state index contributed by atoms with van der Waals surface area (Å²) >= 11 is 0. The Kier molecular flexibility index (Phi) is 5.84. The van der Waals surface area contributed by atoms with Crippen LogP contribution in [0.15, 0.2) is 24.3 Å². The number of aliphatic hydroxyl groups excluding tert-OH is 1. The molecule has 4 heterocycles. The third-order valence-electron chi connectivity index (χ3n) is 7.72. The lowest BCUT2D eigenvalue weighted by atomic mass is 9.77. The van der Waals surface area contributed by atoms with Crippen molar-refractivity contribution in [2.24, 2.45) is 11.8 Å². The summed E-state index contributed by atoms with van der Waals surface area (Å²) < 4.78 is 11.9. The number of hydrogen-bond donors (Lipinski definition) is 1. The Labute approximate surface area is 188 Å². The molecule has 2 amide bonds. The molecule has 1 unspecified atom stereocenters. The molecule has 174 valence electrons. The van der Waals surface area contributed by atoms with Crippen molar-refractivity contribution in [3.63, 3.8) is 0 Å². The zero-order valence-electron chi connectivity index (χ0n) is 18.4. The number of ether oxygens (including phenoxy) is 2. The lowest BCUT2D eigenvalue weighted by Gasteiger charge is -2.39. The fraction of sp³-hybridized carbons (Fsp3) is 0.708. The van der Waals surface area contributed by atoms with Gasteiger partial charge >= 0.3 is 5.97 Å². The van der Waals surface area contributed by atoms with Crippen LogP contribution < -0.4 is 0 Å². The first-order valence-corrected chi connectivity index (χ1v) is 12.0. The Morgan fingerprint density at radius 2 is 1.91 bits per heavy atom. The zero-order valence-corrected chi connectivity index (χ0v) is 18.4. The van der Waals surface area contributed by atoms with Crippen LogP contribution in [0, 0.1) is 11.8 Å². The highest BCUT2D eigenvalue weighted by Crippen LogP contribution is 2.53. The van der Waals surface area contributed by atoms with Gasteiger partial charge in [0.25, 0.3) is 0 Å². The first-order chi connectivity index (χ1) is 15.6. The van der Waals surface area contributed by atoms with Crippen LogP contribution in [0.5, 0.6) is 0 Å². The highest BCUT2D eigenvalue weighted by atomic mass is 16.6. The molecule has 3 fully saturated rings. The van der Waals surface area contributed by atoms with Crippen LogP contribution in [-0.2, 0) is 23.9 Å². The van der Waals surface area contributed by atoms with E-state index in [1.54, 1.807) is 4.90 Å². The fourth-order valence-corrected chi connectivity index (χ4v) is 6.33. The van der Waals surface area contributed by atoms with Crippen molar-refractivity contribution in [3.05, 3.63) is 24.3 Å². The molecular formula is C24H32N2O6. The summed E-state index contributed by atoms with van der Waals surface area (Å²) in [5, 5.41) is 9.42. The lowest BCUT2D eigenvalue weighted by molar-refractivity contribution is -0.155. The van der Waals surface area contributed by atoms with E-state index in [2.05, 4.69) is 0 Å². The molecule has 1 spiro atoms. The molecule has 0 radical (unpaired) electrons. The number of carbonyl (C=O) groups excluding carboxylic acids is 3.